The molecule has 1 aliphatic rings. The van der Waals surface area contributed by atoms with Crippen molar-refractivity contribution >= 4 is 5.78 Å². The summed E-state index contributed by atoms with van der Waals surface area (Å²) in [7, 11) is 0. The Kier molecular flexibility index (Phi) is 3.98. The highest BCUT2D eigenvalue weighted by atomic mass is 16.1. The van der Waals surface area contributed by atoms with Crippen LogP contribution in [0, 0.1) is 17.8 Å². The van der Waals surface area contributed by atoms with Crippen molar-refractivity contribution in [2.75, 3.05) is 0 Å². The second-order valence-corrected chi connectivity index (χ2v) is 5.60. The van der Waals surface area contributed by atoms with Crippen LogP contribution in [0.25, 0.3) is 0 Å². The minimum Gasteiger partial charge on any atom is -0.294 e. The molecular formula is C16H22O. The number of Topliss-reactive ketones (excluding diaryl/α,β-unsaturated/α-hetero) is 1. The zero-order chi connectivity index (χ0) is 12.3. The number of carbonyl (C=O) groups is 1. The second kappa shape index (κ2) is 5.48. The maximum absolute atomic E-state index is 12.4. The Morgan fingerprint density at radius 2 is 1.88 bits per heavy atom. The number of rotatable bonds is 3. The molecule has 1 fully saturated rings. The van der Waals surface area contributed by atoms with Gasteiger partial charge in [0.15, 0.2) is 5.78 Å². The van der Waals surface area contributed by atoms with Crippen LogP contribution in [-0.4, -0.2) is 5.78 Å². The van der Waals surface area contributed by atoms with Crippen LogP contribution in [0.15, 0.2) is 30.3 Å². The van der Waals surface area contributed by atoms with Crippen LogP contribution in [0.5, 0.6) is 0 Å². The van der Waals surface area contributed by atoms with Crippen molar-refractivity contribution in [2.24, 2.45) is 17.8 Å². The first-order valence-electron chi connectivity index (χ1n) is 6.77. The molecule has 92 valence electrons. The molecule has 0 N–H and O–H groups in total. The predicted molar refractivity (Wildman–Crippen MR) is 71.1 cm³/mol. The van der Waals surface area contributed by atoms with Crippen LogP contribution < -0.4 is 0 Å². The zero-order valence-electron chi connectivity index (χ0n) is 10.9. The summed E-state index contributed by atoms with van der Waals surface area (Å²) in [6.45, 7) is 4.56. The lowest BCUT2D eigenvalue weighted by Gasteiger charge is -2.30. The highest BCUT2D eigenvalue weighted by Crippen LogP contribution is 2.35. The summed E-state index contributed by atoms with van der Waals surface area (Å²) < 4.78 is 0. The third-order valence-corrected chi connectivity index (χ3v) is 4.09. The molecule has 0 spiro atoms. The molecule has 0 unspecified atom stereocenters. The van der Waals surface area contributed by atoms with Crippen LogP contribution >= 0.6 is 0 Å². The van der Waals surface area contributed by atoms with Gasteiger partial charge >= 0.3 is 0 Å². The van der Waals surface area contributed by atoms with Crippen molar-refractivity contribution in [3.8, 4) is 0 Å². The van der Waals surface area contributed by atoms with E-state index in [4.69, 9.17) is 0 Å². The third kappa shape index (κ3) is 2.96. The molecule has 1 nitrogen and oxygen atoms in total. The van der Waals surface area contributed by atoms with Gasteiger partial charge in [-0.3, -0.25) is 4.79 Å². The Balaban J connectivity index is 2.05. The Morgan fingerprint density at radius 1 is 1.18 bits per heavy atom. The number of hydrogen-bond acceptors (Lipinski definition) is 1. The monoisotopic (exact) mass is 230 g/mol. The van der Waals surface area contributed by atoms with Gasteiger partial charge in [0.2, 0.25) is 0 Å². The summed E-state index contributed by atoms with van der Waals surface area (Å²) in [6.07, 6.45) is 4.69. The maximum atomic E-state index is 12.4. The van der Waals surface area contributed by atoms with E-state index in [9.17, 15) is 4.79 Å². The van der Waals surface area contributed by atoms with Crippen molar-refractivity contribution in [1.29, 1.82) is 0 Å². The maximum Gasteiger partial charge on any atom is 0.165 e. The molecule has 0 saturated heterocycles. The average molecular weight is 230 g/mol. The summed E-state index contributed by atoms with van der Waals surface area (Å²) in [5.41, 5.74) is 0.891. The summed E-state index contributed by atoms with van der Waals surface area (Å²) in [4.78, 5) is 12.4. The summed E-state index contributed by atoms with van der Waals surface area (Å²) >= 11 is 0. The van der Waals surface area contributed by atoms with Crippen molar-refractivity contribution in [3.05, 3.63) is 35.9 Å². The lowest BCUT2D eigenvalue weighted by molar-refractivity contribution is 0.0845. The molecule has 0 aliphatic heterocycles. The minimum atomic E-state index is 0.263. The molecule has 0 bridgehead atoms. The standard InChI is InChI=1S/C16H22O/c1-12(2)14-9-6-10-15(11-14)16(17)13-7-4-3-5-8-13/h3-5,7-8,12,14-15H,6,9-11H2,1-2H3/t14-,15+/m1/s1. The zero-order valence-corrected chi connectivity index (χ0v) is 10.9. The van der Waals surface area contributed by atoms with Gasteiger partial charge < -0.3 is 0 Å². The normalized spacial score (nSPS) is 24.9. The summed E-state index contributed by atoms with van der Waals surface area (Å²) in [5.74, 6) is 2.07. The van der Waals surface area contributed by atoms with E-state index in [0.29, 0.717) is 11.7 Å². The van der Waals surface area contributed by atoms with Crippen molar-refractivity contribution in [2.45, 2.75) is 39.5 Å². The lowest BCUT2D eigenvalue weighted by atomic mass is 9.74. The van der Waals surface area contributed by atoms with Crippen LogP contribution in [-0.2, 0) is 0 Å². The first-order valence-corrected chi connectivity index (χ1v) is 6.77. The third-order valence-electron chi connectivity index (χ3n) is 4.09. The highest BCUT2D eigenvalue weighted by Gasteiger charge is 2.28. The Hall–Kier alpha value is -1.11. The van der Waals surface area contributed by atoms with Crippen molar-refractivity contribution in [1.82, 2.24) is 0 Å². The molecule has 1 saturated carbocycles. The van der Waals surface area contributed by atoms with Gasteiger partial charge in [-0.05, 0) is 24.7 Å². The van der Waals surface area contributed by atoms with Gasteiger partial charge in [-0.25, -0.2) is 0 Å². The van der Waals surface area contributed by atoms with Gasteiger partial charge in [-0.2, -0.15) is 0 Å². The molecule has 1 aromatic carbocycles. The Labute approximate surface area is 104 Å². The summed E-state index contributed by atoms with van der Waals surface area (Å²) in [5, 5.41) is 0. The molecule has 0 radical (unpaired) electrons. The van der Waals surface area contributed by atoms with Crippen LogP contribution in [0.4, 0.5) is 0 Å². The second-order valence-electron chi connectivity index (χ2n) is 5.60. The Morgan fingerprint density at radius 3 is 2.53 bits per heavy atom. The van der Waals surface area contributed by atoms with Gasteiger partial charge in [-0.15, -0.1) is 0 Å². The molecule has 2 rings (SSSR count). The van der Waals surface area contributed by atoms with E-state index < -0.39 is 0 Å². The van der Waals surface area contributed by atoms with Crippen molar-refractivity contribution in [3.63, 3.8) is 0 Å². The Bertz CT molecular complexity index is 366. The minimum absolute atomic E-state index is 0.263. The van der Waals surface area contributed by atoms with Crippen LogP contribution in [0.1, 0.15) is 49.9 Å². The lowest BCUT2D eigenvalue weighted by Crippen LogP contribution is -2.25. The van der Waals surface area contributed by atoms with Gasteiger partial charge in [0.1, 0.15) is 0 Å². The number of benzene rings is 1. The topological polar surface area (TPSA) is 17.1 Å². The first-order chi connectivity index (χ1) is 8.18. The molecule has 1 aliphatic carbocycles. The van der Waals surface area contributed by atoms with E-state index in [1.54, 1.807) is 0 Å². The van der Waals surface area contributed by atoms with E-state index in [1.165, 1.54) is 12.8 Å². The van der Waals surface area contributed by atoms with Crippen LogP contribution in [0.2, 0.25) is 0 Å². The van der Waals surface area contributed by atoms with E-state index in [0.717, 1.165) is 24.3 Å². The molecule has 0 aromatic heterocycles. The fourth-order valence-corrected chi connectivity index (χ4v) is 2.91. The van der Waals surface area contributed by atoms with Crippen LogP contribution in [0.3, 0.4) is 0 Å². The SMILES string of the molecule is CC(C)[C@@H]1CCC[C@H](C(=O)c2ccccc2)C1. The largest absolute Gasteiger partial charge is 0.294 e. The van der Waals surface area contributed by atoms with Gasteiger partial charge in [-0.1, -0.05) is 57.0 Å². The molecular weight excluding hydrogens is 208 g/mol. The highest BCUT2D eigenvalue weighted by molar-refractivity contribution is 5.97. The molecule has 2 atom stereocenters. The molecule has 1 heteroatoms. The molecule has 17 heavy (non-hydrogen) atoms. The average Bonchev–Trinajstić information content (AvgIpc) is 2.39. The van der Waals surface area contributed by atoms with E-state index in [2.05, 4.69) is 13.8 Å². The van der Waals surface area contributed by atoms with Crippen molar-refractivity contribution < 1.29 is 4.79 Å². The first kappa shape index (κ1) is 12.3. The van der Waals surface area contributed by atoms with Gasteiger partial charge in [0.25, 0.3) is 0 Å². The number of ketones is 1. The fourth-order valence-electron chi connectivity index (χ4n) is 2.91. The smallest absolute Gasteiger partial charge is 0.165 e. The van der Waals surface area contributed by atoms with Gasteiger partial charge in [0, 0.05) is 11.5 Å². The molecule has 0 heterocycles. The molecule has 1 aromatic rings. The van der Waals surface area contributed by atoms with E-state index in [1.807, 2.05) is 30.3 Å². The number of carbonyl (C=O) groups excluding carboxylic acids is 1. The predicted octanol–water partition coefficient (Wildman–Crippen LogP) is 4.33. The number of hydrogen-bond donors (Lipinski definition) is 0. The fraction of sp³-hybridized carbons (Fsp3) is 0.562. The quantitative estimate of drug-likeness (QED) is 0.706. The van der Waals surface area contributed by atoms with Gasteiger partial charge in [0.05, 0.1) is 0 Å². The van der Waals surface area contributed by atoms with E-state index in [-0.39, 0.29) is 5.92 Å². The van der Waals surface area contributed by atoms with E-state index >= 15 is 0 Å². The molecule has 0 amide bonds. The summed E-state index contributed by atoms with van der Waals surface area (Å²) in [6, 6.07) is 9.77.